The third kappa shape index (κ3) is 4.74. The summed E-state index contributed by atoms with van der Waals surface area (Å²) >= 11 is 0. The van der Waals surface area contributed by atoms with Crippen molar-refractivity contribution in [2.75, 3.05) is 13.1 Å². The van der Waals surface area contributed by atoms with Gasteiger partial charge in [-0.1, -0.05) is 6.07 Å². The molecule has 0 unspecified atom stereocenters. The van der Waals surface area contributed by atoms with Crippen LogP contribution in [0.2, 0.25) is 0 Å². The second-order valence-electron chi connectivity index (χ2n) is 5.11. The summed E-state index contributed by atoms with van der Waals surface area (Å²) in [6, 6.07) is 2.98. The van der Waals surface area contributed by atoms with Gasteiger partial charge in [-0.05, 0) is 32.4 Å². The summed E-state index contributed by atoms with van der Waals surface area (Å²) < 4.78 is 52.6. The Bertz CT molecular complexity index is 633. The van der Waals surface area contributed by atoms with Gasteiger partial charge in [0.05, 0.1) is 0 Å². The lowest BCUT2D eigenvalue weighted by Gasteiger charge is -2.25. The lowest BCUT2D eigenvalue weighted by atomic mass is 10.3. The number of rotatable bonds is 7. The largest absolute Gasteiger partial charge is 0.340 e. The molecular formula is C14H20F2N2O3S. The number of halogens is 2. The summed E-state index contributed by atoms with van der Waals surface area (Å²) in [5.74, 6) is -2.72. The minimum atomic E-state index is -4.12. The molecule has 0 heterocycles. The number of amides is 1. The number of nitrogens with one attached hydrogen (secondary N) is 1. The summed E-state index contributed by atoms with van der Waals surface area (Å²) in [4.78, 5) is 12.2. The SMILES string of the molecule is CC(=O)N(CCCNS(=O)(=O)c1cccc(F)c1F)C(C)C. The molecule has 0 aliphatic rings. The van der Waals surface area contributed by atoms with Gasteiger partial charge >= 0.3 is 0 Å². The van der Waals surface area contributed by atoms with E-state index in [-0.39, 0.29) is 18.5 Å². The van der Waals surface area contributed by atoms with Gasteiger partial charge in [0, 0.05) is 26.1 Å². The molecule has 0 atom stereocenters. The Balaban J connectivity index is 2.64. The first-order valence-electron chi connectivity index (χ1n) is 6.87. The van der Waals surface area contributed by atoms with Crippen LogP contribution >= 0.6 is 0 Å². The maximum atomic E-state index is 13.5. The van der Waals surface area contributed by atoms with E-state index < -0.39 is 26.6 Å². The standard InChI is InChI=1S/C14H20F2N2O3S/c1-10(2)18(11(3)19)9-5-8-17-22(20,21)13-7-4-6-12(15)14(13)16/h4,6-7,10,17H,5,8-9H2,1-3H3. The predicted octanol–water partition coefficient (Wildman–Crippen LogP) is 1.89. The molecule has 5 nitrogen and oxygen atoms in total. The molecule has 22 heavy (non-hydrogen) atoms. The molecule has 1 N–H and O–H groups in total. The molecule has 0 aromatic heterocycles. The second kappa shape index (κ2) is 7.64. The van der Waals surface area contributed by atoms with E-state index in [0.717, 1.165) is 18.2 Å². The van der Waals surface area contributed by atoms with E-state index in [0.29, 0.717) is 13.0 Å². The Kier molecular flexibility index (Phi) is 6.43. The molecule has 1 aromatic carbocycles. The summed E-state index contributed by atoms with van der Waals surface area (Å²) in [6.45, 7) is 5.55. The first kappa shape index (κ1) is 18.5. The lowest BCUT2D eigenvalue weighted by molar-refractivity contribution is -0.130. The Morgan fingerprint density at radius 3 is 2.50 bits per heavy atom. The van der Waals surface area contributed by atoms with Crippen molar-refractivity contribution in [1.82, 2.24) is 9.62 Å². The van der Waals surface area contributed by atoms with E-state index in [4.69, 9.17) is 0 Å². The van der Waals surface area contributed by atoms with Crippen molar-refractivity contribution >= 4 is 15.9 Å². The van der Waals surface area contributed by atoms with Gasteiger partial charge in [0.2, 0.25) is 15.9 Å². The number of hydrogen-bond donors (Lipinski definition) is 1. The van der Waals surface area contributed by atoms with Crippen LogP contribution in [0, 0.1) is 11.6 Å². The van der Waals surface area contributed by atoms with Gasteiger partial charge in [-0.15, -0.1) is 0 Å². The van der Waals surface area contributed by atoms with Crippen molar-refractivity contribution in [3.05, 3.63) is 29.8 Å². The highest BCUT2D eigenvalue weighted by Gasteiger charge is 2.21. The zero-order valence-electron chi connectivity index (χ0n) is 12.8. The van der Waals surface area contributed by atoms with E-state index >= 15 is 0 Å². The van der Waals surface area contributed by atoms with Gasteiger partial charge in [-0.25, -0.2) is 21.9 Å². The first-order valence-corrected chi connectivity index (χ1v) is 8.36. The Morgan fingerprint density at radius 2 is 1.95 bits per heavy atom. The fourth-order valence-corrected chi connectivity index (χ4v) is 3.16. The number of carbonyl (C=O) groups is 1. The molecule has 1 aromatic rings. The topological polar surface area (TPSA) is 66.5 Å². The van der Waals surface area contributed by atoms with Crippen molar-refractivity contribution < 1.29 is 22.0 Å². The van der Waals surface area contributed by atoms with Crippen LogP contribution in [0.25, 0.3) is 0 Å². The fourth-order valence-electron chi connectivity index (χ4n) is 2.00. The Hall–Kier alpha value is -1.54. The summed E-state index contributed by atoms with van der Waals surface area (Å²) in [6.07, 6.45) is 0.369. The summed E-state index contributed by atoms with van der Waals surface area (Å²) in [5, 5.41) is 0. The van der Waals surface area contributed by atoms with Crippen LogP contribution in [0.5, 0.6) is 0 Å². The number of sulfonamides is 1. The summed E-state index contributed by atoms with van der Waals surface area (Å²) in [5.41, 5.74) is 0. The van der Waals surface area contributed by atoms with Crippen LogP contribution in [0.3, 0.4) is 0 Å². The molecular weight excluding hydrogens is 314 g/mol. The zero-order chi connectivity index (χ0) is 16.9. The molecule has 8 heteroatoms. The number of carbonyl (C=O) groups excluding carboxylic acids is 1. The van der Waals surface area contributed by atoms with E-state index in [9.17, 15) is 22.0 Å². The molecule has 0 aliphatic carbocycles. The van der Waals surface area contributed by atoms with Crippen LogP contribution < -0.4 is 4.72 Å². The number of hydrogen-bond acceptors (Lipinski definition) is 3. The maximum Gasteiger partial charge on any atom is 0.243 e. The molecule has 124 valence electrons. The van der Waals surface area contributed by atoms with E-state index in [1.165, 1.54) is 6.92 Å². The minimum Gasteiger partial charge on any atom is -0.340 e. The van der Waals surface area contributed by atoms with Crippen molar-refractivity contribution in [1.29, 1.82) is 0 Å². The monoisotopic (exact) mass is 334 g/mol. The molecule has 0 radical (unpaired) electrons. The third-order valence-electron chi connectivity index (χ3n) is 3.10. The minimum absolute atomic E-state index is 0.00905. The highest BCUT2D eigenvalue weighted by molar-refractivity contribution is 7.89. The van der Waals surface area contributed by atoms with Crippen molar-refractivity contribution in [3.63, 3.8) is 0 Å². The van der Waals surface area contributed by atoms with Crippen molar-refractivity contribution in [2.24, 2.45) is 0 Å². The average Bonchev–Trinajstić information content (AvgIpc) is 2.40. The van der Waals surface area contributed by atoms with Gasteiger partial charge in [-0.2, -0.15) is 0 Å². The van der Waals surface area contributed by atoms with Crippen LogP contribution in [-0.2, 0) is 14.8 Å². The van der Waals surface area contributed by atoms with Crippen LogP contribution in [-0.4, -0.2) is 38.4 Å². The average molecular weight is 334 g/mol. The quantitative estimate of drug-likeness (QED) is 0.775. The van der Waals surface area contributed by atoms with Crippen molar-refractivity contribution in [3.8, 4) is 0 Å². The Morgan fingerprint density at radius 1 is 1.32 bits per heavy atom. The highest BCUT2D eigenvalue weighted by Crippen LogP contribution is 2.16. The van der Waals surface area contributed by atoms with Crippen LogP contribution in [0.4, 0.5) is 8.78 Å². The first-order chi connectivity index (χ1) is 10.2. The normalized spacial score (nSPS) is 11.7. The van der Waals surface area contributed by atoms with Gasteiger partial charge in [0.1, 0.15) is 4.90 Å². The maximum absolute atomic E-state index is 13.5. The highest BCUT2D eigenvalue weighted by atomic mass is 32.2. The molecule has 0 saturated heterocycles. The van der Waals surface area contributed by atoms with Gasteiger partial charge in [0.25, 0.3) is 0 Å². The van der Waals surface area contributed by atoms with Crippen LogP contribution in [0.1, 0.15) is 27.2 Å². The molecule has 0 spiro atoms. The molecule has 0 saturated carbocycles. The fraction of sp³-hybridized carbons (Fsp3) is 0.500. The lowest BCUT2D eigenvalue weighted by Crippen LogP contribution is -2.37. The summed E-state index contributed by atoms with van der Waals surface area (Å²) in [7, 11) is -4.12. The van der Waals surface area contributed by atoms with E-state index in [2.05, 4.69) is 4.72 Å². The Labute approximate surface area is 129 Å². The third-order valence-corrected chi connectivity index (χ3v) is 4.58. The molecule has 1 amide bonds. The van der Waals surface area contributed by atoms with Gasteiger partial charge in [-0.3, -0.25) is 4.79 Å². The molecule has 0 fully saturated rings. The molecule has 0 aliphatic heterocycles. The van der Waals surface area contributed by atoms with Crippen molar-refractivity contribution in [2.45, 2.75) is 38.1 Å². The van der Waals surface area contributed by atoms with E-state index in [1.54, 1.807) is 4.90 Å². The number of nitrogens with zero attached hydrogens (tertiary/aromatic N) is 1. The smallest absolute Gasteiger partial charge is 0.243 e. The molecule has 0 bridgehead atoms. The van der Waals surface area contributed by atoms with Crippen LogP contribution in [0.15, 0.2) is 23.1 Å². The van der Waals surface area contributed by atoms with Gasteiger partial charge in [0.15, 0.2) is 11.6 Å². The second-order valence-corrected chi connectivity index (χ2v) is 6.84. The zero-order valence-corrected chi connectivity index (χ0v) is 13.6. The predicted molar refractivity (Wildman–Crippen MR) is 78.7 cm³/mol. The molecule has 1 rings (SSSR count). The number of benzene rings is 1. The van der Waals surface area contributed by atoms with E-state index in [1.807, 2.05) is 13.8 Å². The van der Waals surface area contributed by atoms with Gasteiger partial charge < -0.3 is 4.90 Å².